The zero-order valence-corrected chi connectivity index (χ0v) is 11.5. The average molecular weight is 272 g/mol. The van der Waals surface area contributed by atoms with Crippen molar-refractivity contribution in [1.82, 2.24) is 10.2 Å². The van der Waals surface area contributed by atoms with Crippen LogP contribution in [0.5, 0.6) is 0 Å². The van der Waals surface area contributed by atoms with Crippen LogP contribution in [0.25, 0.3) is 0 Å². The average Bonchev–Trinajstić information content (AvgIpc) is 2.85. The second kappa shape index (κ2) is 5.85. The van der Waals surface area contributed by atoms with Gasteiger partial charge in [0.15, 0.2) is 6.29 Å². The molecule has 20 heavy (non-hydrogen) atoms. The van der Waals surface area contributed by atoms with Crippen molar-refractivity contribution in [3.63, 3.8) is 0 Å². The lowest BCUT2D eigenvalue weighted by Crippen LogP contribution is -2.51. The molecule has 4 nitrogen and oxygen atoms in total. The fraction of sp³-hybridized carbons (Fsp3) is 0.500. The molecule has 3 atom stereocenters. The number of ketones is 1. The standard InChI is InChI=1S/C16H20N2O2/c19-11-14(20)16-15-13(7-4-8-17-15)10-18(16)9-12-5-2-1-3-6-12/h1-3,5-6,11,13,15-17H,4,7-10H2/t13-,15+,16?/m1/s1. The molecule has 2 aliphatic rings. The fourth-order valence-corrected chi connectivity index (χ4v) is 3.60. The Balaban J connectivity index is 1.80. The maximum Gasteiger partial charge on any atom is 0.213 e. The summed E-state index contributed by atoms with van der Waals surface area (Å²) in [7, 11) is 0. The van der Waals surface area contributed by atoms with E-state index in [2.05, 4.69) is 22.3 Å². The Bertz CT molecular complexity index is 489. The first-order valence-corrected chi connectivity index (χ1v) is 7.30. The van der Waals surface area contributed by atoms with E-state index in [9.17, 15) is 9.59 Å². The van der Waals surface area contributed by atoms with Gasteiger partial charge < -0.3 is 5.32 Å². The monoisotopic (exact) mass is 272 g/mol. The number of nitrogens with zero attached hydrogens (tertiary/aromatic N) is 1. The first kappa shape index (κ1) is 13.5. The molecule has 2 saturated heterocycles. The molecule has 0 bridgehead atoms. The van der Waals surface area contributed by atoms with Crippen molar-refractivity contribution in [1.29, 1.82) is 0 Å². The van der Waals surface area contributed by atoms with Crippen LogP contribution < -0.4 is 5.32 Å². The van der Waals surface area contributed by atoms with Gasteiger partial charge in [-0.1, -0.05) is 30.3 Å². The molecule has 0 spiro atoms. The summed E-state index contributed by atoms with van der Waals surface area (Å²) in [5.74, 6) is 0.198. The van der Waals surface area contributed by atoms with Crippen LogP contribution in [0, 0.1) is 5.92 Å². The molecule has 1 aromatic rings. The molecule has 2 aliphatic heterocycles. The zero-order valence-electron chi connectivity index (χ0n) is 11.5. The lowest BCUT2D eigenvalue weighted by Gasteiger charge is -2.29. The van der Waals surface area contributed by atoms with Crippen LogP contribution in [0.15, 0.2) is 30.3 Å². The Hall–Kier alpha value is -1.52. The summed E-state index contributed by atoms with van der Waals surface area (Å²) in [6.45, 7) is 2.58. The van der Waals surface area contributed by atoms with Crippen molar-refractivity contribution in [2.24, 2.45) is 5.92 Å². The number of rotatable bonds is 4. The molecule has 3 rings (SSSR count). The van der Waals surface area contributed by atoms with Crippen molar-refractivity contribution < 1.29 is 9.59 Å². The molecule has 1 N–H and O–H groups in total. The molecule has 0 amide bonds. The van der Waals surface area contributed by atoms with E-state index < -0.39 is 0 Å². The van der Waals surface area contributed by atoms with Crippen molar-refractivity contribution >= 4 is 12.1 Å². The van der Waals surface area contributed by atoms with E-state index in [4.69, 9.17) is 0 Å². The molecular formula is C16H20N2O2. The SMILES string of the molecule is O=CC(=O)C1[C@H]2NCCC[C@@H]2CN1Cc1ccccc1. The molecule has 1 unspecified atom stereocenters. The third kappa shape index (κ3) is 2.53. The Morgan fingerprint density at radius 3 is 2.90 bits per heavy atom. The number of aldehydes is 1. The van der Waals surface area contributed by atoms with Gasteiger partial charge in [-0.3, -0.25) is 14.5 Å². The van der Waals surface area contributed by atoms with E-state index in [0.717, 1.165) is 32.5 Å². The van der Waals surface area contributed by atoms with E-state index in [1.807, 2.05) is 18.2 Å². The number of benzene rings is 1. The number of piperidine rings is 1. The van der Waals surface area contributed by atoms with Crippen molar-refractivity contribution in [2.45, 2.75) is 31.5 Å². The smallest absolute Gasteiger partial charge is 0.213 e. The number of fused-ring (bicyclic) bond motifs is 1. The molecule has 2 heterocycles. The second-order valence-electron chi connectivity index (χ2n) is 5.76. The molecule has 1 aromatic carbocycles. The van der Waals surface area contributed by atoms with Gasteiger partial charge in [0.2, 0.25) is 5.78 Å². The Kier molecular flexibility index (Phi) is 3.94. The van der Waals surface area contributed by atoms with Gasteiger partial charge in [0, 0.05) is 19.1 Å². The zero-order chi connectivity index (χ0) is 13.9. The largest absolute Gasteiger partial charge is 0.312 e. The van der Waals surface area contributed by atoms with Gasteiger partial charge in [-0.15, -0.1) is 0 Å². The molecule has 0 radical (unpaired) electrons. The summed E-state index contributed by atoms with van der Waals surface area (Å²) in [6.07, 6.45) is 2.79. The van der Waals surface area contributed by atoms with E-state index in [1.54, 1.807) is 0 Å². The number of nitrogens with one attached hydrogen (secondary N) is 1. The lowest BCUT2D eigenvalue weighted by molar-refractivity contribution is -0.133. The number of carbonyl (C=O) groups excluding carboxylic acids is 2. The topological polar surface area (TPSA) is 49.4 Å². The minimum atomic E-state index is -0.294. The van der Waals surface area contributed by atoms with E-state index in [-0.39, 0.29) is 17.9 Å². The molecule has 0 aliphatic carbocycles. The maximum atomic E-state index is 12.0. The maximum absolute atomic E-state index is 12.0. The van der Waals surface area contributed by atoms with E-state index in [1.165, 1.54) is 5.56 Å². The number of carbonyl (C=O) groups is 2. The van der Waals surface area contributed by atoms with Gasteiger partial charge in [-0.25, -0.2) is 0 Å². The van der Waals surface area contributed by atoms with Gasteiger partial charge in [0.25, 0.3) is 0 Å². The summed E-state index contributed by atoms with van der Waals surface area (Å²) in [5, 5.41) is 3.44. The van der Waals surface area contributed by atoms with Crippen LogP contribution in [0.2, 0.25) is 0 Å². The first-order chi connectivity index (χ1) is 9.79. The number of hydrogen-bond acceptors (Lipinski definition) is 4. The molecule has 106 valence electrons. The normalized spacial score (nSPS) is 29.9. The van der Waals surface area contributed by atoms with E-state index >= 15 is 0 Å². The van der Waals surface area contributed by atoms with Crippen LogP contribution in [0.3, 0.4) is 0 Å². The molecular weight excluding hydrogens is 252 g/mol. The van der Waals surface area contributed by atoms with Crippen molar-refractivity contribution in [2.75, 3.05) is 13.1 Å². The second-order valence-corrected chi connectivity index (χ2v) is 5.76. The third-order valence-electron chi connectivity index (χ3n) is 4.48. The summed E-state index contributed by atoms with van der Waals surface area (Å²) in [4.78, 5) is 25.1. The third-order valence-corrected chi connectivity index (χ3v) is 4.48. The Labute approximate surface area is 119 Å². The summed E-state index contributed by atoms with van der Waals surface area (Å²) in [5.41, 5.74) is 1.19. The summed E-state index contributed by atoms with van der Waals surface area (Å²) >= 11 is 0. The molecule has 2 fully saturated rings. The van der Waals surface area contributed by atoms with Crippen LogP contribution >= 0.6 is 0 Å². The predicted octanol–water partition coefficient (Wildman–Crippen LogP) is 1.01. The Morgan fingerprint density at radius 2 is 2.15 bits per heavy atom. The first-order valence-electron chi connectivity index (χ1n) is 7.30. The summed E-state index contributed by atoms with van der Waals surface area (Å²) in [6, 6.07) is 9.99. The summed E-state index contributed by atoms with van der Waals surface area (Å²) < 4.78 is 0. The molecule has 4 heteroatoms. The number of hydrogen-bond donors (Lipinski definition) is 1. The predicted molar refractivity (Wildman–Crippen MR) is 76.2 cm³/mol. The molecule has 0 aromatic heterocycles. The minimum Gasteiger partial charge on any atom is -0.312 e. The van der Waals surface area contributed by atoms with Gasteiger partial charge >= 0.3 is 0 Å². The highest BCUT2D eigenvalue weighted by Crippen LogP contribution is 2.31. The quantitative estimate of drug-likeness (QED) is 0.656. The van der Waals surface area contributed by atoms with Gasteiger partial charge in [-0.2, -0.15) is 0 Å². The number of Topliss-reactive ketones (excluding diaryl/α,β-unsaturated/α-hetero) is 1. The van der Waals surface area contributed by atoms with Crippen LogP contribution in [-0.2, 0) is 16.1 Å². The minimum absolute atomic E-state index is 0.144. The van der Waals surface area contributed by atoms with Gasteiger partial charge in [0.1, 0.15) is 0 Å². The van der Waals surface area contributed by atoms with E-state index in [0.29, 0.717) is 12.2 Å². The van der Waals surface area contributed by atoms with Gasteiger partial charge in [-0.05, 0) is 30.9 Å². The number of likely N-dealkylation sites (tertiary alicyclic amines) is 1. The highest BCUT2D eigenvalue weighted by molar-refractivity contribution is 6.27. The van der Waals surface area contributed by atoms with Crippen molar-refractivity contribution in [3.05, 3.63) is 35.9 Å². The van der Waals surface area contributed by atoms with Crippen molar-refractivity contribution in [3.8, 4) is 0 Å². The van der Waals surface area contributed by atoms with Crippen LogP contribution in [0.4, 0.5) is 0 Å². The highest BCUT2D eigenvalue weighted by atomic mass is 16.2. The lowest BCUT2D eigenvalue weighted by atomic mass is 9.89. The highest BCUT2D eigenvalue weighted by Gasteiger charge is 2.45. The fourth-order valence-electron chi connectivity index (χ4n) is 3.60. The Morgan fingerprint density at radius 1 is 1.35 bits per heavy atom. The van der Waals surface area contributed by atoms with Gasteiger partial charge in [0.05, 0.1) is 6.04 Å². The van der Waals surface area contributed by atoms with Crippen LogP contribution in [-0.4, -0.2) is 42.1 Å². The van der Waals surface area contributed by atoms with Crippen LogP contribution in [0.1, 0.15) is 18.4 Å². The molecule has 0 saturated carbocycles.